The quantitative estimate of drug-likeness (QED) is 0.206. The van der Waals surface area contributed by atoms with Crippen molar-refractivity contribution in [3.8, 4) is 0 Å². The fourth-order valence-corrected chi connectivity index (χ4v) is 6.63. The molecule has 0 fully saturated rings. The molecule has 0 radical (unpaired) electrons. The van der Waals surface area contributed by atoms with Gasteiger partial charge in [-0.05, 0) is 49.6 Å². The number of fused-ring (bicyclic) bond motifs is 4. The zero-order valence-corrected chi connectivity index (χ0v) is 22.1. The van der Waals surface area contributed by atoms with Gasteiger partial charge in [0, 0.05) is 40.7 Å². The summed E-state index contributed by atoms with van der Waals surface area (Å²) in [6.45, 7) is 12.0. The van der Waals surface area contributed by atoms with Gasteiger partial charge in [0.15, 0.2) is 0 Å². The number of unbranched alkanes of at least 4 members (excludes halogenated alkanes) is 6. The highest BCUT2D eigenvalue weighted by Gasteiger charge is 2.16. The molecule has 0 spiro atoms. The van der Waals surface area contributed by atoms with Crippen molar-refractivity contribution in [2.45, 2.75) is 85.5 Å². The van der Waals surface area contributed by atoms with Crippen molar-refractivity contribution in [3.05, 3.63) is 52.7 Å². The van der Waals surface area contributed by atoms with Gasteiger partial charge in [-0.25, -0.2) is 8.78 Å². The lowest BCUT2D eigenvalue weighted by Gasteiger charge is -2.03. The van der Waals surface area contributed by atoms with Crippen LogP contribution in [0.15, 0.2) is 30.8 Å². The van der Waals surface area contributed by atoms with Crippen molar-refractivity contribution in [2.75, 3.05) is 0 Å². The van der Waals surface area contributed by atoms with Gasteiger partial charge in [0.05, 0.1) is 0 Å². The van der Waals surface area contributed by atoms with E-state index in [1.807, 2.05) is 25.1 Å². The van der Waals surface area contributed by atoms with Crippen LogP contribution in [0.5, 0.6) is 0 Å². The molecule has 4 heteroatoms. The van der Waals surface area contributed by atoms with Crippen LogP contribution in [0.1, 0.15) is 88.1 Å². The third-order valence-electron chi connectivity index (χ3n) is 6.14. The lowest BCUT2D eigenvalue weighted by atomic mass is 10.0. The molecule has 0 aliphatic rings. The maximum absolute atomic E-state index is 14.9. The third kappa shape index (κ3) is 6.02. The van der Waals surface area contributed by atoms with Gasteiger partial charge in [0.1, 0.15) is 11.6 Å². The first-order valence-corrected chi connectivity index (χ1v) is 14.0. The van der Waals surface area contributed by atoms with Crippen molar-refractivity contribution in [2.24, 2.45) is 0 Å². The smallest absolute Gasteiger partial charge is 0.144 e. The molecule has 0 aliphatic carbocycles. The molecule has 2 aromatic heterocycles. The molecule has 4 aromatic rings. The second-order valence-electron chi connectivity index (χ2n) is 8.87. The normalized spacial score (nSPS) is 11.3. The van der Waals surface area contributed by atoms with Gasteiger partial charge in [-0.2, -0.15) is 0 Å². The fraction of sp³-hybridized carbons (Fsp3) is 0.448. The summed E-state index contributed by atoms with van der Waals surface area (Å²) in [5.41, 5.74) is 1.41. The maximum atomic E-state index is 14.9. The van der Waals surface area contributed by atoms with Crippen molar-refractivity contribution in [1.29, 1.82) is 0 Å². The highest BCUT2D eigenvalue weighted by atomic mass is 32.1. The molecule has 0 saturated heterocycles. The van der Waals surface area contributed by atoms with Crippen molar-refractivity contribution < 1.29 is 8.78 Å². The van der Waals surface area contributed by atoms with E-state index in [1.165, 1.54) is 32.1 Å². The molecule has 0 amide bonds. The zero-order valence-electron chi connectivity index (χ0n) is 20.5. The minimum atomic E-state index is -0.426. The largest absolute Gasteiger partial charge is 0.207 e. The Hall–Kier alpha value is -1.78. The summed E-state index contributed by atoms with van der Waals surface area (Å²) in [6.07, 6.45) is 11.1. The second-order valence-corrected chi connectivity index (χ2v) is 11.1. The molecule has 4 rings (SSSR count). The first-order valence-electron chi connectivity index (χ1n) is 12.3. The fourth-order valence-electron chi connectivity index (χ4n) is 4.20. The molecule has 0 atom stereocenters. The van der Waals surface area contributed by atoms with Gasteiger partial charge in [-0.15, -0.1) is 22.7 Å². The van der Waals surface area contributed by atoms with E-state index < -0.39 is 5.83 Å². The number of hydrogen-bond acceptors (Lipinski definition) is 2. The molecule has 0 aliphatic heterocycles. The lowest BCUT2D eigenvalue weighted by molar-refractivity contribution is 0.618. The van der Waals surface area contributed by atoms with Crippen LogP contribution in [0.4, 0.5) is 8.78 Å². The predicted octanol–water partition coefficient (Wildman–Crippen LogP) is 11.4. The minimum Gasteiger partial charge on any atom is -0.207 e. The zero-order chi connectivity index (χ0) is 24.0. The monoisotopic (exact) mass is 486 g/mol. The number of hydrogen-bond donors (Lipinski definition) is 0. The Morgan fingerprint density at radius 2 is 1.33 bits per heavy atom. The molecule has 0 nitrogen and oxygen atoms in total. The standard InChI is InChI=1S/C22H20F2S2.C7H16/c1-4-5-6-7-18-22(24)17-10-16-15-9-14(13(3)23)12(2)8-19(15)26-20(16)11-21(17)25-18;1-3-5-7-6-4-2/h8-11H,3-7H2,1-2H3;3-7H2,1-2H3. The van der Waals surface area contributed by atoms with Crippen molar-refractivity contribution in [3.63, 3.8) is 0 Å². The lowest BCUT2D eigenvalue weighted by Crippen LogP contribution is -1.84. The Kier molecular flexibility index (Phi) is 9.46. The molecule has 0 N–H and O–H groups in total. The van der Waals surface area contributed by atoms with E-state index in [4.69, 9.17) is 0 Å². The summed E-state index contributed by atoms with van der Waals surface area (Å²) >= 11 is 3.25. The Balaban J connectivity index is 0.000000383. The molecule has 0 unspecified atom stereocenters. The molecule has 178 valence electrons. The van der Waals surface area contributed by atoms with Crippen LogP contribution < -0.4 is 0 Å². The molecular weight excluding hydrogens is 450 g/mol. The Morgan fingerprint density at radius 3 is 1.97 bits per heavy atom. The number of halogens is 2. The summed E-state index contributed by atoms with van der Waals surface area (Å²) in [6, 6.07) is 7.88. The SMILES string of the molecule is C=C(F)c1cc2c(cc1C)sc1cc3sc(CCCCC)c(F)c3cc12.CCCCCCC. The van der Waals surface area contributed by atoms with Gasteiger partial charge in [0.2, 0.25) is 0 Å². The van der Waals surface area contributed by atoms with Crippen LogP contribution in [0.3, 0.4) is 0 Å². The predicted molar refractivity (Wildman–Crippen MR) is 147 cm³/mol. The van der Waals surface area contributed by atoms with Crippen molar-refractivity contribution in [1.82, 2.24) is 0 Å². The molecular formula is C29H36F2S2. The summed E-state index contributed by atoms with van der Waals surface area (Å²) in [4.78, 5) is 0.851. The number of rotatable bonds is 9. The number of aryl methyl sites for hydroxylation is 2. The van der Waals surface area contributed by atoms with E-state index in [9.17, 15) is 8.78 Å². The van der Waals surface area contributed by atoms with E-state index in [0.29, 0.717) is 10.9 Å². The Bertz CT molecular complexity index is 1230. The average Bonchev–Trinajstić information content (AvgIpc) is 3.28. The van der Waals surface area contributed by atoms with Crippen LogP contribution in [-0.2, 0) is 6.42 Å². The van der Waals surface area contributed by atoms with Crippen LogP contribution in [-0.4, -0.2) is 0 Å². The maximum Gasteiger partial charge on any atom is 0.144 e. The van der Waals surface area contributed by atoms with Crippen LogP contribution in [0, 0.1) is 12.7 Å². The van der Waals surface area contributed by atoms with Gasteiger partial charge >= 0.3 is 0 Å². The van der Waals surface area contributed by atoms with Gasteiger partial charge < -0.3 is 0 Å². The van der Waals surface area contributed by atoms with Crippen LogP contribution in [0.2, 0.25) is 0 Å². The minimum absolute atomic E-state index is 0.0791. The third-order valence-corrected chi connectivity index (χ3v) is 8.44. The molecule has 0 bridgehead atoms. The summed E-state index contributed by atoms with van der Waals surface area (Å²) < 4.78 is 31.9. The van der Waals surface area contributed by atoms with E-state index in [2.05, 4.69) is 33.4 Å². The highest BCUT2D eigenvalue weighted by Crippen LogP contribution is 2.41. The van der Waals surface area contributed by atoms with E-state index in [1.54, 1.807) is 22.7 Å². The van der Waals surface area contributed by atoms with Gasteiger partial charge in [0.25, 0.3) is 0 Å². The topological polar surface area (TPSA) is 0 Å². The van der Waals surface area contributed by atoms with Gasteiger partial charge in [-0.3, -0.25) is 0 Å². The Labute approximate surface area is 205 Å². The molecule has 2 aromatic carbocycles. The average molecular weight is 487 g/mol. The summed E-state index contributed by atoms with van der Waals surface area (Å²) in [5.74, 6) is -0.505. The summed E-state index contributed by atoms with van der Waals surface area (Å²) in [5, 5.41) is 2.66. The highest BCUT2D eigenvalue weighted by molar-refractivity contribution is 7.26. The molecule has 0 saturated carbocycles. The van der Waals surface area contributed by atoms with Crippen LogP contribution >= 0.6 is 22.7 Å². The Morgan fingerprint density at radius 1 is 0.758 bits per heavy atom. The number of thiophene rings is 2. The first-order chi connectivity index (χ1) is 15.9. The molecule has 33 heavy (non-hydrogen) atoms. The van der Waals surface area contributed by atoms with Crippen LogP contribution in [0.25, 0.3) is 36.1 Å². The van der Waals surface area contributed by atoms with Crippen molar-refractivity contribution >= 4 is 58.8 Å². The molecule has 2 heterocycles. The second kappa shape index (κ2) is 12.1. The number of benzene rings is 2. The van der Waals surface area contributed by atoms with Gasteiger partial charge in [-0.1, -0.05) is 72.3 Å². The van der Waals surface area contributed by atoms with E-state index >= 15 is 0 Å². The van der Waals surface area contributed by atoms with E-state index in [0.717, 1.165) is 61.0 Å². The summed E-state index contributed by atoms with van der Waals surface area (Å²) in [7, 11) is 0. The first kappa shape index (κ1) is 25.8. The van der Waals surface area contributed by atoms with E-state index in [-0.39, 0.29) is 5.82 Å².